The van der Waals surface area contributed by atoms with Crippen molar-refractivity contribution in [2.75, 3.05) is 18.1 Å². The van der Waals surface area contributed by atoms with Crippen molar-refractivity contribution >= 4 is 44.1 Å². The van der Waals surface area contributed by atoms with Crippen LogP contribution in [0.5, 0.6) is 17.2 Å². The number of aliphatic hydroxyl groups excluding tert-OH is 1. The molecule has 41 heavy (non-hydrogen) atoms. The van der Waals surface area contributed by atoms with Crippen LogP contribution in [0.25, 0.3) is 16.0 Å². The molecule has 0 unspecified atom stereocenters. The number of hydrogen-bond acceptors (Lipinski definition) is 8. The first-order chi connectivity index (χ1) is 19.9. The first-order valence-corrected chi connectivity index (χ1v) is 14.2. The molecule has 9 heteroatoms. The highest BCUT2D eigenvalue weighted by Gasteiger charge is 2.48. The van der Waals surface area contributed by atoms with Gasteiger partial charge < -0.3 is 19.3 Å². The van der Waals surface area contributed by atoms with Crippen LogP contribution in [0.4, 0.5) is 5.13 Å². The smallest absolute Gasteiger partial charge is 0.301 e. The largest absolute Gasteiger partial charge is 0.507 e. The quantitative estimate of drug-likeness (QED) is 0.117. The van der Waals surface area contributed by atoms with E-state index < -0.39 is 17.7 Å². The lowest BCUT2D eigenvalue weighted by Gasteiger charge is -2.23. The molecule has 1 N–H and O–H groups in total. The van der Waals surface area contributed by atoms with Crippen molar-refractivity contribution in [3.63, 3.8) is 0 Å². The van der Waals surface area contributed by atoms with E-state index in [1.165, 1.54) is 16.2 Å². The summed E-state index contributed by atoms with van der Waals surface area (Å²) in [5.74, 6) is 0.174. The van der Waals surface area contributed by atoms with E-state index in [9.17, 15) is 14.7 Å². The number of rotatable bonds is 8. The van der Waals surface area contributed by atoms with Crippen molar-refractivity contribution in [2.45, 2.75) is 32.4 Å². The Balaban J connectivity index is 1.51. The van der Waals surface area contributed by atoms with E-state index >= 15 is 0 Å². The molecule has 0 aliphatic carbocycles. The Morgan fingerprint density at radius 3 is 2.78 bits per heavy atom. The third-order valence-electron chi connectivity index (χ3n) is 7.02. The van der Waals surface area contributed by atoms with Gasteiger partial charge in [0.2, 0.25) is 0 Å². The highest BCUT2D eigenvalue weighted by atomic mass is 32.1. The maximum atomic E-state index is 13.7. The number of ether oxygens (including phenoxy) is 3. The molecule has 0 saturated carbocycles. The molecule has 1 aromatic heterocycles. The number of fused-ring (bicyclic) bond motifs is 2. The van der Waals surface area contributed by atoms with Gasteiger partial charge in [0.25, 0.3) is 5.78 Å². The second-order valence-electron chi connectivity index (χ2n) is 9.86. The van der Waals surface area contributed by atoms with Crippen molar-refractivity contribution in [1.29, 1.82) is 0 Å². The Bertz CT molecular complexity index is 1720. The number of carbonyl (C=O) groups excluding carboxylic acids is 2. The Kier molecular flexibility index (Phi) is 6.96. The van der Waals surface area contributed by atoms with Crippen molar-refractivity contribution in [3.05, 3.63) is 95.6 Å². The molecule has 0 bridgehead atoms. The van der Waals surface area contributed by atoms with Gasteiger partial charge >= 0.3 is 5.91 Å². The molecule has 8 nitrogen and oxygen atoms in total. The molecule has 1 fully saturated rings. The minimum absolute atomic E-state index is 0.0166. The number of anilines is 1. The summed E-state index contributed by atoms with van der Waals surface area (Å²) in [6.07, 6.45) is 2.34. The molecule has 3 heterocycles. The molecule has 2 aliphatic rings. The number of amides is 1. The number of aliphatic hydroxyl groups is 1. The van der Waals surface area contributed by atoms with Crippen LogP contribution in [0.2, 0.25) is 0 Å². The number of thiazole rings is 1. The Labute approximate surface area is 241 Å². The van der Waals surface area contributed by atoms with Gasteiger partial charge in [0.1, 0.15) is 35.7 Å². The molecule has 4 aromatic rings. The average Bonchev–Trinajstić information content (AvgIpc) is 3.63. The standard InChI is InChI=1S/C32H28N2O6S/c1-4-13-39-22-8-6-7-19(16-22)28-27(29(35)20-9-12-25-21(15-20)14-18(3)40-25)30(36)31(37)34(28)32-33-24-11-10-23(38-5-2)17-26(24)41-32/h4,6-12,15-18,28,35H,1,5,13-14H2,2-3H3/b29-27+/t18-,28+/m1/s1. The van der Waals surface area contributed by atoms with E-state index in [-0.39, 0.29) is 17.4 Å². The Morgan fingerprint density at radius 1 is 1.15 bits per heavy atom. The normalized spacial score (nSPS) is 19.3. The summed E-state index contributed by atoms with van der Waals surface area (Å²) in [6, 6.07) is 17.0. The van der Waals surface area contributed by atoms with Crippen molar-refractivity contribution in [1.82, 2.24) is 4.98 Å². The van der Waals surface area contributed by atoms with Gasteiger partial charge in [-0.05, 0) is 73.5 Å². The fraction of sp³-hybridized carbons (Fsp3) is 0.219. The molecule has 2 atom stereocenters. The number of nitrogens with zero attached hydrogens (tertiary/aromatic N) is 2. The summed E-state index contributed by atoms with van der Waals surface area (Å²) in [7, 11) is 0. The van der Waals surface area contributed by atoms with Gasteiger partial charge in [0.05, 0.1) is 28.4 Å². The zero-order valence-corrected chi connectivity index (χ0v) is 23.4. The highest BCUT2D eigenvalue weighted by molar-refractivity contribution is 7.22. The maximum Gasteiger partial charge on any atom is 0.301 e. The number of aromatic nitrogens is 1. The molecule has 2 aliphatic heterocycles. The van der Waals surface area contributed by atoms with Gasteiger partial charge in [-0.15, -0.1) is 0 Å². The summed E-state index contributed by atoms with van der Waals surface area (Å²) in [5, 5.41) is 12.0. The number of ketones is 1. The molecule has 6 rings (SSSR count). The van der Waals surface area contributed by atoms with Crippen LogP contribution >= 0.6 is 11.3 Å². The highest BCUT2D eigenvalue weighted by Crippen LogP contribution is 2.45. The molecule has 0 radical (unpaired) electrons. The van der Waals surface area contributed by atoms with Crippen molar-refractivity contribution < 1.29 is 28.9 Å². The number of Topliss-reactive ketones (excluding diaryl/α,β-unsaturated/α-hetero) is 1. The lowest BCUT2D eigenvalue weighted by atomic mass is 9.94. The van der Waals surface area contributed by atoms with Gasteiger partial charge in [-0.25, -0.2) is 4.98 Å². The van der Waals surface area contributed by atoms with E-state index in [2.05, 4.69) is 6.58 Å². The van der Waals surface area contributed by atoms with Crippen LogP contribution in [0.15, 0.2) is 78.9 Å². The van der Waals surface area contributed by atoms with Crippen LogP contribution in [0, 0.1) is 0 Å². The van der Waals surface area contributed by atoms with Gasteiger partial charge in [-0.1, -0.05) is 36.1 Å². The molecule has 1 saturated heterocycles. The van der Waals surface area contributed by atoms with Crippen molar-refractivity contribution in [3.8, 4) is 17.2 Å². The van der Waals surface area contributed by atoms with Crippen LogP contribution in [-0.2, 0) is 16.0 Å². The summed E-state index contributed by atoms with van der Waals surface area (Å²) < 4.78 is 18.0. The Hall–Kier alpha value is -4.63. The summed E-state index contributed by atoms with van der Waals surface area (Å²) in [4.78, 5) is 33.4. The predicted octanol–water partition coefficient (Wildman–Crippen LogP) is 6.21. The fourth-order valence-electron chi connectivity index (χ4n) is 5.25. The van der Waals surface area contributed by atoms with Crippen LogP contribution in [-0.4, -0.2) is 41.1 Å². The Morgan fingerprint density at radius 2 is 1.98 bits per heavy atom. The second kappa shape index (κ2) is 10.7. The van der Waals surface area contributed by atoms with Crippen LogP contribution in [0.3, 0.4) is 0 Å². The number of hydrogen-bond donors (Lipinski definition) is 1. The number of benzene rings is 3. The van der Waals surface area contributed by atoms with E-state index in [1.807, 2.05) is 38.1 Å². The van der Waals surface area contributed by atoms with Crippen molar-refractivity contribution in [2.24, 2.45) is 0 Å². The van der Waals surface area contributed by atoms with E-state index in [0.29, 0.717) is 52.9 Å². The van der Waals surface area contributed by atoms with E-state index in [1.54, 1.807) is 42.5 Å². The summed E-state index contributed by atoms with van der Waals surface area (Å²) in [6.45, 7) is 8.38. The summed E-state index contributed by atoms with van der Waals surface area (Å²) >= 11 is 1.28. The summed E-state index contributed by atoms with van der Waals surface area (Å²) in [5.41, 5.74) is 2.62. The number of carbonyl (C=O) groups is 2. The fourth-order valence-corrected chi connectivity index (χ4v) is 6.27. The first kappa shape index (κ1) is 26.6. The van der Waals surface area contributed by atoms with Gasteiger partial charge in [0, 0.05) is 12.0 Å². The molecule has 1 amide bonds. The minimum Gasteiger partial charge on any atom is -0.507 e. The average molecular weight is 569 g/mol. The maximum absolute atomic E-state index is 13.7. The van der Waals surface area contributed by atoms with Crippen LogP contribution in [0.1, 0.15) is 36.6 Å². The van der Waals surface area contributed by atoms with Gasteiger partial charge in [-0.3, -0.25) is 14.5 Å². The molecule has 0 spiro atoms. The lowest BCUT2D eigenvalue weighted by molar-refractivity contribution is -0.132. The minimum atomic E-state index is -0.933. The SMILES string of the molecule is C=CCOc1cccc([C@H]2/C(=C(\O)c3ccc4c(c3)C[C@@H](C)O4)C(=O)C(=O)N2c2nc3ccc(OCC)cc3s2)c1. The van der Waals surface area contributed by atoms with E-state index in [4.69, 9.17) is 19.2 Å². The third-order valence-corrected chi connectivity index (χ3v) is 8.04. The zero-order chi connectivity index (χ0) is 28.7. The molecule has 3 aromatic carbocycles. The van der Waals surface area contributed by atoms with E-state index in [0.717, 1.165) is 16.0 Å². The molecule has 208 valence electrons. The first-order valence-electron chi connectivity index (χ1n) is 13.4. The predicted molar refractivity (Wildman–Crippen MR) is 158 cm³/mol. The zero-order valence-electron chi connectivity index (χ0n) is 22.6. The molecular formula is C32H28N2O6S. The monoisotopic (exact) mass is 568 g/mol. The van der Waals surface area contributed by atoms with Gasteiger partial charge in [0.15, 0.2) is 5.13 Å². The van der Waals surface area contributed by atoms with Crippen LogP contribution < -0.4 is 19.1 Å². The van der Waals surface area contributed by atoms with Gasteiger partial charge in [-0.2, -0.15) is 0 Å². The second-order valence-corrected chi connectivity index (χ2v) is 10.9. The molecular weight excluding hydrogens is 540 g/mol. The topological polar surface area (TPSA) is 98.2 Å². The third kappa shape index (κ3) is 4.82. The lowest BCUT2D eigenvalue weighted by Crippen LogP contribution is -2.29.